The summed E-state index contributed by atoms with van der Waals surface area (Å²) in [5.74, 6) is -1.29. The largest absolute Gasteiger partial charge is 0.507 e. The fraction of sp³-hybridized carbons (Fsp3) is 0.486. The van der Waals surface area contributed by atoms with Crippen LogP contribution >= 0.6 is 0 Å². The van der Waals surface area contributed by atoms with Crippen LogP contribution in [0.4, 0.5) is 10.1 Å². The molecule has 1 unspecified atom stereocenters. The third kappa shape index (κ3) is 6.43. The van der Waals surface area contributed by atoms with Crippen molar-refractivity contribution in [1.82, 2.24) is 14.5 Å². The standard InChI is InChI=1S/C35H41FN4O6/c1-21-26(35(46)40-13-2-3-29(41)34(40)37-21)12-16-38-14-8-22(9-15-38)32(44)28-7-5-25(20-31(28)43)39-17-10-23(11-18-39)33(45)27-6-4-24(36)19-30(27)42/h4-7,19-20,22-23,29,41-43H,2-3,8-18H2,1H3. The van der Waals surface area contributed by atoms with E-state index in [0.717, 1.165) is 31.3 Å². The van der Waals surface area contributed by atoms with Crippen molar-refractivity contribution in [3.05, 3.63) is 80.8 Å². The molecule has 6 rings (SSSR count). The van der Waals surface area contributed by atoms with E-state index in [4.69, 9.17) is 0 Å². The molecule has 46 heavy (non-hydrogen) atoms. The van der Waals surface area contributed by atoms with Gasteiger partial charge in [0.05, 0.1) is 11.1 Å². The summed E-state index contributed by atoms with van der Waals surface area (Å²) in [5.41, 5.74) is 2.51. The number of phenolic OH excluding ortho intramolecular Hbond substituents is 2. The third-order valence-electron chi connectivity index (χ3n) is 10.00. The SMILES string of the molecule is Cc1nc2n(c(=O)c1CCN1CCC(C(=O)c3ccc(N4CCC(C(=O)c5ccc(F)cc5O)CC4)cc3O)CC1)CCCC2O. The number of anilines is 1. The molecule has 4 heterocycles. The minimum absolute atomic E-state index is 0.0552. The highest BCUT2D eigenvalue weighted by molar-refractivity contribution is 6.01. The highest BCUT2D eigenvalue weighted by Crippen LogP contribution is 2.33. The number of aliphatic hydroxyl groups is 1. The van der Waals surface area contributed by atoms with Crippen LogP contribution in [0.3, 0.4) is 0 Å². The average molecular weight is 633 g/mol. The first-order valence-electron chi connectivity index (χ1n) is 16.3. The molecule has 3 N–H and O–H groups in total. The molecule has 11 heteroatoms. The topological polar surface area (TPSA) is 136 Å². The van der Waals surface area contributed by atoms with E-state index in [1.165, 1.54) is 12.1 Å². The van der Waals surface area contributed by atoms with E-state index in [1.807, 2.05) is 13.0 Å². The summed E-state index contributed by atoms with van der Waals surface area (Å²) in [6.07, 6.45) is 3.68. The minimum atomic E-state index is -0.692. The normalized spacial score (nSPS) is 19.6. The van der Waals surface area contributed by atoms with Crippen molar-refractivity contribution < 1.29 is 29.3 Å². The summed E-state index contributed by atoms with van der Waals surface area (Å²) in [7, 11) is 0. The number of aryl methyl sites for hydroxylation is 1. The summed E-state index contributed by atoms with van der Waals surface area (Å²) < 4.78 is 15.0. The van der Waals surface area contributed by atoms with E-state index in [2.05, 4.69) is 14.8 Å². The number of benzene rings is 2. The zero-order valence-corrected chi connectivity index (χ0v) is 26.1. The number of nitrogens with zero attached hydrogens (tertiary/aromatic N) is 4. The smallest absolute Gasteiger partial charge is 0.257 e. The van der Waals surface area contributed by atoms with Gasteiger partial charge >= 0.3 is 0 Å². The van der Waals surface area contributed by atoms with Gasteiger partial charge in [-0.2, -0.15) is 0 Å². The van der Waals surface area contributed by atoms with Crippen LogP contribution in [0.15, 0.2) is 41.2 Å². The number of carbonyl (C=O) groups excluding carboxylic acids is 2. The number of phenols is 2. The number of rotatable bonds is 8. The van der Waals surface area contributed by atoms with Gasteiger partial charge in [0.2, 0.25) is 0 Å². The maximum Gasteiger partial charge on any atom is 0.257 e. The van der Waals surface area contributed by atoms with Gasteiger partial charge in [0, 0.05) is 67.1 Å². The molecule has 1 aromatic heterocycles. The van der Waals surface area contributed by atoms with Crippen molar-refractivity contribution >= 4 is 17.3 Å². The lowest BCUT2D eigenvalue weighted by Gasteiger charge is -2.33. The number of hydrogen-bond donors (Lipinski definition) is 3. The minimum Gasteiger partial charge on any atom is -0.507 e. The molecule has 0 bridgehead atoms. The van der Waals surface area contributed by atoms with E-state index in [9.17, 15) is 34.1 Å². The van der Waals surface area contributed by atoms with Gasteiger partial charge in [-0.05, 0) is 89.2 Å². The Morgan fingerprint density at radius 2 is 1.48 bits per heavy atom. The molecule has 244 valence electrons. The van der Waals surface area contributed by atoms with Crippen molar-refractivity contribution in [3.8, 4) is 11.5 Å². The van der Waals surface area contributed by atoms with E-state index >= 15 is 0 Å². The Balaban J connectivity index is 1.01. The number of Topliss-reactive ketones (excluding diaryl/α,β-unsaturated/α-hetero) is 2. The number of aliphatic hydroxyl groups excluding tert-OH is 1. The third-order valence-corrected chi connectivity index (χ3v) is 10.00. The lowest BCUT2D eigenvalue weighted by molar-refractivity contribution is 0.0837. The Bertz CT molecular complexity index is 1690. The summed E-state index contributed by atoms with van der Waals surface area (Å²) in [6.45, 7) is 5.67. The average Bonchev–Trinajstić information content (AvgIpc) is 3.05. The zero-order valence-electron chi connectivity index (χ0n) is 26.1. The van der Waals surface area contributed by atoms with Crippen LogP contribution in [0, 0.1) is 24.6 Å². The van der Waals surface area contributed by atoms with Crippen molar-refractivity contribution in [2.45, 2.75) is 64.5 Å². The number of carbonyl (C=O) groups is 2. The number of ketones is 2. The molecule has 10 nitrogen and oxygen atoms in total. The van der Waals surface area contributed by atoms with Crippen molar-refractivity contribution in [1.29, 1.82) is 0 Å². The molecular weight excluding hydrogens is 591 g/mol. The highest BCUT2D eigenvalue weighted by atomic mass is 19.1. The van der Waals surface area contributed by atoms with Crippen LogP contribution in [-0.4, -0.2) is 74.1 Å². The second kappa shape index (κ2) is 13.3. The Morgan fingerprint density at radius 3 is 2.11 bits per heavy atom. The van der Waals surface area contributed by atoms with E-state index in [0.29, 0.717) is 87.3 Å². The molecule has 3 aliphatic heterocycles. The monoisotopic (exact) mass is 632 g/mol. The number of hydrogen-bond acceptors (Lipinski definition) is 9. The molecule has 2 aromatic carbocycles. The predicted molar refractivity (Wildman–Crippen MR) is 170 cm³/mol. The van der Waals surface area contributed by atoms with E-state index in [-0.39, 0.29) is 46.0 Å². The van der Waals surface area contributed by atoms with Gasteiger partial charge < -0.3 is 25.1 Å². The Hall–Kier alpha value is -4.09. The van der Waals surface area contributed by atoms with Gasteiger partial charge in [0.15, 0.2) is 11.6 Å². The maximum atomic E-state index is 13.4. The highest BCUT2D eigenvalue weighted by Gasteiger charge is 2.30. The molecule has 0 radical (unpaired) electrons. The zero-order chi connectivity index (χ0) is 32.5. The molecule has 3 aliphatic rings. The van der Waals surface area contributed by atoms with Gasteiger partial charge in [0.1, 0.15) is 29.2 Å². The van der Waals surface area contributed by atoms with Crippen LogP contribution in [-0.2, 0) is 13.0 Å². The number of fused-ring (bicyclic) bond motifs is 1. The van der Waals surface area contributed by atoms with Gasteiger partial charge in [-0.3, -0.25) is 19.0 Å². The summed E-state index contributed by atoms with van der Waals surface area (Å²) in [6, 6.07) is 8.57. The van der Waals surface area contributed by atoms with Crippen LogP contribution in [0.25, 0.3) is 0 Å². The molecule has 1 atom stereocenters. The quantitative estimate of drug-likeness (QED) is 0.313. The first-order valence-corrected chi connectivity index (χ1v) is 16.3. The number of aromatic nitrogens is 2. The summed E-state index contributed by atoms with van der Waals surface area (Å²) in [4.78, 5) is 48.3. The Labute approximate surface area is 267 Å². The number of likely N-dealkylation sites (tertiary alicyclic amines) is 1. The molecule has 0 aliphatic carbocycles. The van der Waals surface area contributed by atoms with Crippen LogP contribution in [0.1, 0.15) is 82.4 Å². The lowest BCUT2D eigenvalue weighted by Crippen LogP contribution is -2.39. The van der Waals surface area contributed by atoms with Gasteiger partial charge in [-0.1, -0.05) is 0 Å². The van der Waals surface area contributed by atoms with Gasteiger partial charge in [-0.25, -0.2) is 9.37 Å². The van der Waals surface area contributed by atoms with E-state index in [1.54, 1.807) is 16.7 Å². The van der Waals surface area contributed by atoms with E-state index < -0.39 is 11.9 Å². The van der Waals surface area contributed by atoms with Crippen LogP contribution in [0.2, 0.25) is 0 Å². The van der Waals surface area contributed by atoms with Crippen molar-refractivity contribution in [2.75, 3.05) is 37.6 Å². The van der Waals surface area contributed by atoms with Crippen LogP contribution in [0.5, 0.6) is 11.5 Å². The number of aromatic hydroxyl groups is 2. The van der Waals surface area contributed by atoms with Gasteiger partial charge in [0.25, 0.3) is 5.56 Å². The maximum absolute atomic E-state index is 13.4. The van der Waals surface area contributed by atoms with Gasteiger partial charge in [-0.15, -0.1) is 0 Å². The molecule has 2 fully saturated rings. The molecule has 2 saturated heterocycles. The Morgan fingerprint density at radius 1 is 0.870 bits per heavy atom. The predicted octanol–water partition coefficient (Wildman–Crippen LogP) is 4.17. The number of piperidine rings is 2. The lowest BCUT2D eigenvalue weighted by atomic mass is 9.87. The van der Waals surface area contributed by atoms with Crippen molar-refractivity contribution in [3.63, 3.8) is 0 Å². The number of halogens is 1. The first-order chi connectivity index (χ1) is 22.1. The summed E-state index contributed by atoms with van der Waals surface area (Å²) >= 11 is 0. The molecular formula is C35H41FN4O6. The van der Waals surface area contributed by atoms with Crippen LogP contribution < -0.4 is 10.5 Å². The molecule has 3 aromatic rings. The Kier molecular flexibility index (Phi) is 9.24. The van der Waals surface area contributed by atoms with Crippen molar-refractivity contribution in [2.24, 2.45) is 11.8 Å². The second-order valence-corrected chi connectivity index (χ2v) is 12.9. The summed E-state index contributed by atoms with van der Waals surface area (Å²) in [5, 5.41) is 31.1. The second-order valence-electron chi connectivity index (χ2n) is 12.9. The fourth-order valence-corrected chi connectivity index (χ4v) is 7.22. The molecule has 0 saturated carbocycles. The first kappa shape index (κ1) is 31.9. The molecule has 0 amide bonds. The molecule has 0 spiro atoms. The fourth-order valence-electron chi connectivity index (χ4n) is 7.22.